The molecule has 0 amide bonds. The van der Waals surface area contributed by atoms with Crippen LogP contribution in [0.2, 0.25) is 0 Å². The van der Waals surface area contributed by atoms with Gasteiger partial charge in [0.25, 0.3) is 5.56 Å². The average molecular weight is 356 g/mol. The lowest BCUT2D eigenvalue weighted by atomic mass is 9.82. The molecule has 1 N–H and O–H groups in total. The van der Waals surface area contributed by atoms with Crippen LogP contribution in [0.15, 0.2) is 64.2 Å². The first-order valence-corrected chi connectivity index (χ1v) is 9.41. The maximum Gasteiger partial charge on any atom is 0.268 e. The number of pyridine rings is 2. The second kappa shape index (κ2) is 5.95. The Bertz CT molecular complexity index is 1300. The summed E-state index contributed by atoms with van der Waals surface area (Å²) in [5, 5.41) is 0.802. The Morgan fingerprint density at radius 1 is 0.963 bits per heavy atom. The van der Waals surface area contributed by atoms with E-state index in [1.165, 1.54) is 6.42 Å². The van der Waals surface area contributed by atoms with Gasteiger partial charge in [-0.15, -0.1) is 0 Å². The Kier molecular flexibility index (Phi) is 3.54. The molecule has 0 radical (unpaired) electrons. The van der Waals surface area contributed by atoms with Crippen molar-refractivity contribution in [2.45, 2.75) is 32.1 Å². The zero-order chi connectivity index (χ0) is 18.5. The van der Waals surface area contributed by atoms with Gasteiger partial charge in [-0.25, -0.2) is 0 Å². The molecule has 4 aromatic rings. The molecule has 5 rings (SSSR count). The summed E-state index contributed by atoms with van der Waals surface area (Å²) < 4.78 is 1.74. The summed E-state index contributed by atoms with van der Waals surface area (Å²) in [6.07, 6.45) is 3.34. The fourth-order valence-electron chi connectivity index (χ4n) is 4.03. The summed E-state index contributed by atoms with van der Waals surface area (Å²) in [7, 11) is 0. The lowest BCUT2D eigenvalue weighted by Crippen LogP contribution is -2.29. The zero-order valence-corrected chi connectivity index (χ0v) is 15.2. The summed E-state index contributed by atoms with van der Waals surface area (Å²) in [5.74, 6) is 0.361. The van der Waals surface area contributed by atoms with Gasteiger partial charge in [0.15, 0.2) is 0 Å². The number of hydrogen-bond acceptors (Lipinski definition) is 2. The molecule has 0 atom stereocenters. The molecule has 1 saturated carbocycles. The first-order chi connectivity index (χ1) is 13.1. The summed E-state index contributed by atoms with van der Waals surface area (Å²) in [4.78, 5) is 30.0. The fourth-order valence-corrected chi connectivity index (χ4v) is 4.03. The lowest BCUT2D eigenvalue weighted by molar-refractivity contribution is 0.404. The molecule has 4 heteroatoms. The van der Waals surface area contributed by atoms with Crippen LogP contribution in [0.3, 0.4) is 0 Å². The van der Waals surface area contributed by atoms with Crippen LogP contribution in [0, 0.1) is 6.92 Å². The molecule has 2 aromatic carbocycles. The third-order valence-corrected chi connectivity index (χ3v) is 5.69. The molecule has 1 aliphatic carbocycles. The number of rotatable bonds is 2. The Hall–Kier alpha value is -3.14. The molecule has 2 heterocycles. The number of nitrogens with zero attached hydrogens (tertiary/aromatic N) is 1. The van der Waals surface area contributed by atoms with E-state index in [2.05, 4.69) is 4.98 Å². The number of aryl methyl sites for hydroxylation is 1. The molecule has 27 heavy (non-hydrogen) atoms. The SMILES string of the molecule is Cc1ccc2[nH]c3cc(C4CCC4)n(-c4ccccc4)c(=O)c3c(=O)c2c1. The van der Waals surface area contributed by atoms with Crippen LogP contribution < -0.4 is 11.0 Å². The molecular formula is C23H20N2O2. The van der Waals surface area contributed by atoms with E-state index in [4.69, 9.17) is 0 Å². The molecule has 1 aliphatic rings. The molecule has 4 nitrogen and oxygen atoms in total. The van der Waals surface area contributed by atoms with Gasteiger partial charge >= 0.3 is 0 Å². The summed E-state index contributed by atoms with van der Waals surface area (Å²) in [6.45, 7) is 1.95. The summed E-state index contributed by atoms with van der Waals surface area (Å²) in [5.41, 5.74) is 3.79. The van der Waals surface area contributed by atoms with Crippen molar-refractivity contribution < 1.29 is 0 Å². The van der Waals surface area contributed by atoms with Crippen LogP contribution >= 0.6 is 0 Å². The third kappa shape index (κ3) is 2.44. The van der Waals surface area contributed by atoms with Gasteiger partial charge in [0.2, 0.25) is 5.43 Å². The Morgan fingerprint density at radius 2 is 1.74 bits per heavy atom. The van der Waals surface area contributed by atoms with Gasteiger partial charge in [-0.05, 0) is 56.0 Å². The van der Waals surface area contributed by atoms with Crippen LogP contribution in [-0.4, -0.2) is 9.55 Å². The van der Waals surface area contributed by atoms with Crippen molar-refractivity contribution in [1.82, 2.24) is 9.55 Å². The molecule has 0 aliphatic heterocycles. The van der Waals surface area contributed by atoms with E-state index >= 15 is 0 Å². The molecular weight excluding hydrogens is 336 g/mol. The molecule has 0 spiro atoms. The van der Waals surface area contributed by atoms with E-state index in [1.54, 1.807) is 4.57 Å². The van der Waals surface area contributed by atoms with Crippen molar-refractivity contribution in [3.8, 4) is 5.69 Å². The molecule has 2 aromatic heterocycles. The van der Waals surface area contributed by atoms with E-state index in [0.29, 0.717) is 16.8 Å². The van der Waals surface area contributed by atoms with Gasteiger partial charge < -0.3 is 4.98 Å². The minimum atomic E-state index is -0.231. The Balaban J connectivity index is 1.94. The highest BCUT2D eigenvalue weighted by atomic mass is 16.1. The van der Waals surface area contributed by atoms with Gasteiger partial charge in [0.1, 0.15) is 5.39 Å². The minimum absolute atomic E-state index is 0.197. The van der Waals surface area contributed by atoms with Gasteiger partial charge in [-0.3, -0.25) is 14.2 Å². The number of nitrogens with one attached hydrogen (secondary N) is 1. The number of hydrogen-bond donors (Lipinski definition) is 1. The van der Waals surface area contributed by atoms with Crippen molar-refractivity contribution in [2.75, 3.05) is 0 Å². The van der Waals surface area contributed by atoms with Crippen molar-refractivity contribution in [3.63, 3.8) is 0 Å². The second-order valence-electron chi connectivity index (χ2n) is 7.46. The van der Waals surface area contributed by atoms with Crippen LogP contribution in [0.5, 0.6) is 0 Å². The standard InChI is InChI=1S/C23H20N2O2/c1-14-10-11-18-17(12-14)22(26)21-19(24-18)13-20(15-6-5-7-15)25(23(21)27)16-8-3-2-4-9-16/h2-4,8-13,15H,5-7H2,1H3,(H,24,26). The van der Waals surface area contributed by atoms with E-state index < -0.39 is 0 Å². The molecule has 0 unspecified atom stereocenters. The highest BCUT2D eigenvalue weighted by Gasteiger charge is 2.25. The van der Waals surface area contributed by atoms with Gasteiger partial charge in [0.05, 0.1) is 5.52 Å². The van der Waals surface area contributed by atoms with Gasteiger partial charge in [0, 0.05) is 22.3 Å². The first-order valence-electron chi connectivity index (χ1n) is 9.41. The van der Waals surface area contributed by atoms with E-state index in [0.717, 1.165) is 35.3 Å². The summed E-state index contributed by atoms with van der Waals surface area (Å²) >= 11 is 0. The van der Waals surface area contributed by atoms with Crippen molar-refractivity contribution in [2.24, 2.45) is 0 Å². The highest BCUT2D eigenvalue weighted by molar-refractivity contribution is 5.92. The van der Waals surface area contributed by atoms with Crippen molar-refractivity contribution in [3.05, 3.63) is 86.4 Å². The Morgan fingerprint density at radius 3 is 2.44 bits per heavy atom. The molecule has 1 fully saturated rings. The highest BCUT2D eigenvalue weighted by Crippen LogP contribution is 2.37. The number of para-hydroxylation sites is 1. The van der Waals surface area contributed by atoms with Crippen molar-refractivity contribution >= 4 is 21.8 Å². The predicted octanol–water partition coefficient (Wildman–Crippen LogP) is 4.41. The zero-order valence-electron chi connectivity index (χ0n) is 15.2. The van der Waals surface area contributed by atoms with E-state index in [-0.39, 0.29) is 16.4 Å². The number of H-pyrrole nitrogens is 1. The van der Waals surface area contributed by atoms with Crippen LogP contribution in [0.1, 0.15) is 36.4 Å². The Labute approximate surface area is 156 Å². The number of aromatic amines is 1. The molecule has 0 saturated heterocycles. The maximum atomic E-state index is 13.5. The minimum Gasteiger partial charge on any atom is -0.354 e. The van der Waals surface area contributed by atoms with Crippen LogP contribution in [-0.2, 0) is 0 Å². The first kappa shape index (κ1) is 16.1. The number of benzene rings is 2. The number of fused-ring (bicyclic) bond motifs is 2. The van der Waals surface area contributed by atoms with Crippen molar-refractivity contribution in [1.29, 1.82) is 0 Å². The summed E-state index contributed by atoms with van der Waals surface area (Å²) in [6, 6.07) is 17.4. The van der Waals surface area contributed by atoms with Gasteiger partial charge in [-0.1, -0.05) is 36.2 Å². The normalized spacial score (nSPS) is 14.6. The smallest absolute Gasteiger partial charge is 0.268 e. The number of aromatic nitrogens is 2. The van der Waals surface area contributed by atoms with Crippen LogP contribution in [0.4, 0.5) is 0 Å². The average Bonchev–Trinajstić information content (AvgIpc) is 2.62. The lowest BCUT2D eigenvalue weighted by Gasteiger charge is -2.29. The third-order valence-electron chi connectivity index (χ3n) is 5.69. The van der Waals surface area contributed by atoms with Crippen LogP contribution in [0.25, 0.3) is 27.5 Å². The fraction of sp³-hybridized carbons (Fsp3) is 0.217. The topological polar surface area (TPSA) is 54.9 Å². The quantitative estimate of drug-likeness (QED) is 0.541. The van der Waals surface area contributed by atoms with E-state index in [9.17, 15) is 9.59 Å². The maximum absolute atomic E-state index is 13.5. The molecule has 134 valence electrons. The van der Waals surface area contributed by atoms with Gasteiger partial charge in [-0.2, -0.15) is 0 Å². The molecule has 0 bridgehead atoms. The predicted molar refractivity (Wildman–Crippen MR) is 109 cm³/mol. The largest absolute Gasteiger partial charge is 0.354 e. The van der Waals surface area contributed by atoms with E-state index in [1.807, 2.05) is 61.5 Å². The monoisotopic (exact) mass is 356 g/mol. The second-order valence-corrected chi connectivity index (χ2v) is 7.46.